The van der Waals surface area contributed by atoms with Crippen molar-refractivity contribution < 1.29 is 4.79 Å². The van der Waals surface area contributed by atoms with Crippen molar-refractivity contribution in [2.75, 3.05) is 19.6 Å². The first-order valence-corrected chi connectivity index (χ1v) is 4.98. The summed E-state index contributed by atoms with van der Waals surface area (Å²) in [6.07, 6.45) is 2.42. The molecule has 0 aromatic heterocycles. The van der Waals surface area contributed by atoms with Gasteiger partial charge in [-0.2, -0.15) is 0 Å². The lowest BCUT2D eigenvalue weighted by atomic mass is 10.4. The third-order valence-corrected chi connectivity index (χ3v) is 2.61. The average Bonchev–Trinajstić information content (AvgIpc) is 2.88. The van der Waals surface area contributed by atoms with Crippen LogP contribution in [0, 0.1) is 0 Å². The summed E-state index contributed by atoms with van der Waals surface area (Å²) in [5.41, 5.74) is 0. The first-order valence-electron chi connectivity index (χ1n) is 4.58. The van der Waals surface area contributed by atoms with Gasteiger partial charge < -0.3 is 15.5 Å². The average molecular weight is 199 g/mol. The Hall–Kier alpha value is -0.840. The van der Waals surface area contributed by atoms with Crippen molar-refractivity contribution in [3.8, 4) is 0 Å². The molecule has 4 nitrogen and oxygen atoms in total. The van der Waals surface area contributed by atoms with E-state index in [2.05, 4.69) is 10.6 Å². The molecule has 0 bridgehead atoms. The van der Waals surface area contributed by atoms with E-state index in [-0.39, 0.29) is 5.91 Å². The van der Waals surface area contributed by atoms with Gasteiger partial charge in [0.1, 0.15) is 0 Å². The molecule has 0 aromatic carbocycles. The van der Waals surface area contributed by atoms with E-state index in [1.807, 2.05) is 4.90 Å². The van der Waals surface area contributed by atoms with Gasteiger partial charge in [0.15, 0.2) is 5.11 Å². The fourth-order valence-electron chi connectivity index (χ4n) is 1.31. The van der Waals surface area contributed by atoms with E-state index in [9.17, 15) is 4.79 Å². The van der Waals surface area contributed by atoms with Gasteiger partial charge in [-0.25, -0.2) is 0 Å². The molecule has 5 heteroatoms. The molecule has 1 aliphatic heterocycles. The van der Waals surface area contributed by atoms with E-state index < -0.39 is 0 Å². The molecule has 72 valence electrons. The number of carbonyl (C=O) groups excluding carboxylic acids is 1. The maximum atomic E-state index is 11.0. The van der Waals surface area contributed by atoms with Crippen molar-refractivity contribution in [1.29, 1.82) is 0 Å². The predicted octanol–water partition coefficient (Wildman–Crippen LogP) is -0.545. The topological polar surface area (TPSA) is 44.4 Å². The Balaban J connectivity index is 1.83. The normalized spacial score (nSPS) is 22.5. The lowest BCUT2D eigenvalue weighted by Gasteiger charge is -2.29. The number of carbonyl (C=O) groups is 1. The van der Waals surface area contributed by atoms with E-state index in [1.165, 1.54) is 12.8 Å². The number of thiocarbonyl (C=S) groups is 1. The standard InChI is InChI=1S/C8H13N3OS/c12-7-5-11(4-3-9-7)8(13)10-6-1-2-6/h6H,1-5H2,(H,9,12)(H,10,13). The molecule has 0 unspecified atom stereocenters. The van der Waals surface area contributed by atoms with Crippen LogP contribution in [0.5, 0.6) is 0 Å². The zero-order valence-electron chi connectivity index (χ0n) is 7.38. The van der Waals surface area contributed by atoms with Gasteiger partial charge in [0.05, 0.1) is 6.54 Å². The molecule has 0 atom stereocenters. The Morgan fingerprint density at radius 2 is 2.38 bits per heavy atom. The number of hydrogen-bond acceptors (Lipinski definition) is 2. The number of hydrogen-bond donors (Lipinski definition) is 2. The van der Waals surface area contributed by atoms with Gasteiger partial charge in [-0.1, -0.05) is 0 Å². The monoisotopic (exact) mass is 199 g/mol. The second-order valence-electron chi connectivity index (χ2n) is 3.50. The van der Waals surface area contributed by atoms with Gasteiger partial charge in [-0.05, 0) is 25.1 Å². The molecule has 1 saturated heterocycles. The molecule has 1 aliphatic carbocycles. The van der Waals surface area contributed by atoms with Crippen molar-refractivity contribution in [2.45, 2.75) is 18.9 Å². The summed E-state index contributed by atoms with van der Waals surface area (Å²) in [5, 5.41) is 6.72. The molecule has 1 amide bonds. The highest BCUT2D eigenvalue weighted by Crippen LogP contribution is 2.18. The van der Waals surface area contributed by atoms with E-state index in [1.54, 1.807) is 0 Å². The van der Waals surface area contributed by atoms with Crippen molar-refractivity contribution in [2.24, 2.45) is 0 Å². The smallest absolute Gasteiger partial charge is 0.239 e. The molecular formula is C8H13N3OS. The maximum absolute atomic E-state index is 11.0. The molecule has 2 N–H and O–H groups in total. The van der Waals surface area contributed by atoms with Crippen LogP contribution < -0.4 is 10.6 Å². The van der Waals surface area contributed by atoms with Gasteiger partial charge in [-0.15, -0.1) is 0 Å². The van der Waals surface area contributed by atoms with Crippen LogP contribution in [0.4, 0.5) is 0 Å². The van der Waals surface area contributed by atoms with Crippen LogP contribution in [-0.2, 0) is 4.79 Å². The van der Waals surface area contributed by atoms with E-state index in [0.717, 1.165) is 11.7 Å². The Kier molecular flexibility index (Phi) is 2.35. The molecule has 2 aliphatic rings. The highest BCUT2D eigenvalue weighted by molar-refractivity contribution is 7.80. The Morgan fingerprint density at radius 3 is 3.00 bits per heavy atom. The van der Waals surface area contributed by atoms with Crippen molar-refractivity contribution in [1.82, 2.24) is 15.5 Å². The third-order valence-electron chi connectivity index (χ3n) is 2.23. The van der Waals surface area contributed by atoms with Gasteiger partial charge in [0.2, 0.25) is 5.91 Å². The number of piperazine rings is 1. The number of nitrogens with zero attached hydrogens (tertiary/aromatic N) is 1. The molecule has 0 spiro atoms. The summed E-state index contributed by atoms with van der Waals surface area (Å²) in [5.74, 6) is 0.0613. The van der Waals surface area contributed by atoms with Crippen LogP contribution in [0.2, 0.25) is 0 Å². The minimum Gasteiger partial charge on any atom is -0.360 e. The molecule has 13 heavy (non-hydrogen) atoms. The second kappa shape index (κ2) is 3.49. The van der Waals surface area contributed by atoms with Gasteiger partial charge >= 0.3 is 0 Å². The molecule has 1 heterocycles. The van der Waals surface area contributed by atoms with Crippen LogP contribution >= 0.6 is 12.2 Å². The van der Waals surface area contributed by atoms with E-state index >= 15 is 0 Å². The summed E-state index contributed by atoms with van der Waals surface area (Å²) >= 11 is 5.18. The lowest BCUT2D eigenvalue weighted by molar-refractivity contribution is -0.122. The summed E-state index contributed by atoms with van der Waals surface area (Å²) in [6.45, 7) is 1.92. The maximum Gasteiger partial charge on any atom is 0.239 e. The third kappa shape index (κ3) is 2.30. The molecule has 1 saturated carbocycles. The highest BCUT2D eigenvalue weighted by Gasteiger charge is 2.25. The van der Waals surface area contributed by atoms with Crippen molar-refractivity contribution in [3.63, 3.8) is 0 Å². The molecule has 2 rings (SSSR count). The summed E-state index contributed by atoms with van der Waals surface area (Å²) in [4.78, 5) is 13.0. The predicted molar refractivity (Wildman–Crippen MR) is 53.3 cm³/mol. The van der Waals surface area contributed by atoms with Crippen LogP contribution in [0.1, 0.15) is 12.8 Å². The van der Waals surface area contributed by atoms with Gasteiger partial charge in [0.25, 0.3) is 0 Å². The SMILES string of the molecule is O=C1CN(C(=S)NC2CC2)CCN1. The minimum atomic E-state index is 0.0613. The fraction of sp³-hybridized carbons (Fsp3) is 0.750. The minimum absolute atomic E-state index is 0.0613. The van der Waals surface area contributed by atoms with Crippen LogP contribution in [0.3, 0.4) is 0 Å². The van der Waals surface area contributed by atoms with E-state index in [4.69, 9.17) is 12.2 Å². The van der Waals surface area contributed by atoms with Crippen LogP contribution in [0.15, 0.2) is 0 Å². The second-order valence-corrected chi connectivity index (χ2v) is 3.88. The summed E-state index contributed by atoms with van der Waals surface area (Å²) in [7, 11) is 0. The number of nitrogens with one attached hydrogen (secondary N) is 2. The zero-order valence-corrected chi connectivity index (χ0v) is 8.19. The Bertz CT molecular complexity index is 240. The van der Waals surface area contributed by atoms with Crippen LogP contribution in [0.25, 0.3) is 0 Å². The Labute approximate surface area is 82.7 Å². The molecule has 0 radical (unpaired) electrons. The van der Waals surface area contributed by atoms with Gasteiger partial charge in [-0.3, -0.25) is 4.79 Å². The van der Waals surface area contributed by atoms with Crippen molar-refractivity contribution in [3.05, 3.63) is 0 Å². The summed E-state index contributed by atoms with van der Waals surface area (Å²) < 4.78 is 0. The zero-order chi connectivity index (χ0) is 9.26. The van der Waals surface area contributed by atoms with Gasteiger partial charge in [0, 0.05) is 19.1 Å². The molecular weight excluding hydrogens is 186 g/mol. The number of amides is 1. The van der Waals surface area contributed by atoms with Crippen LogP contribution in [-0.4, -0.2) is 41.6 Å². The molecule has 2 fully saturated rings. The largest absolute Gasteiger partial charge is 0.360 e. The number of rotatable bonds is 1. The first kappa shape index (κ1) is 8.74. The van der Waals surface area contributed by atoms with E-state index in [0.29, 0.717) is 19.1 Å². The fourth-order valence-corrected chi connectivity index (χ4v) is 1.63. The first-order chi connectivity index (χ1) is 6.25. The quantitative estimate of drug-likeness (QED) is 0.556. The Morgan fingerprint density at radius 1 is 1.62 bits per heavy atom. The summed E-state index contributed by atoms with van der Waals surface area (Å²) in [6, 6.07) is 0.567. The lowest BCUT2D eigenvalue weighted by Crippen LogP contribution is -2.53. The molecule has 0 aromatic rings. The highest BCUT2D eigenvalue weighted by atomic mass is 32.1. The van der Waals surface area contributed by atoms with Crippen molar-refractivity contribution >= 4 is 23.2 Å².